The lowest BCUT2D eigenvalue weighted by atomic mass is 9.70. The van der Waals surface area contributed by atoms with E-state index in [1.807, 2.05) is 0 Å². The number of halogens is 6. The summed E-state index contributed by atoms with van der Waals surface area (Å²) in [5.41, 5.74) is -12.6. The van der Waals surface area contributed by atoms with Gasteiger partial charge in [0.1, 0.15) is 0 Å². The highest BCUT2D eigenvalue weighted by Gasteiger charge is 2.55. The number of anilines is 1. The minimum absolute atomic E-state index is 0.0600. The van der Waals surface area contributed by atoms with E-state index in [-0.39, 0.29) is 38.7 Å². The predicted molar refractivity (Wildman–Crippen MR) is 147 cm³/mol. The second kappa shape index (κ2) is 10.6. The predicted octanol–water partition coefficient (Wildman–Crippen LogP) is 3.36. The SMILES string of the molecule is CN(C1=CC=C2C(=O)N(OS(=O)(=O)C(F)(F)F)C(=O)C3=CC=CC1C32)c1ccc2c3c(cccc13)C(=O)N(OS(=O)(=O)C(F)(F)F)C2=O. The van der Waals surface area contributed by atoms with Crippen LogP contribution in [0.4, 0.5) is 32.0 Å². The van der Waals surface area contributed by atoms with Crippen LogP contribution in [0.1, 0.15) is 20.7 Å². The van der Waals surface area contributed by atoms with E-state index in [2.05, 4.69) is 8.57 Å². The molecule has 0 saturated carbocycles. The van der Waals surface area contributed by atoms with Gasteiger partial charge in [0.15, 0.2) is 0 Å². The van der Waals surface area contributed by atoms with Crippen molar-refractivity contribution in [2.45, 2.75) is 11.0 Å². The molecule has 13 nitrogen and oxygen atoms in total. The average Bonchev–Trinajstić information content (AvgIpc) is 3.00. The van der Waals surface area contributed by atoms with Crippen LogP contribution in [0.3, 0.4) is 0 Å². The smallest absolute Gasteiger partial charge is 0.347 e. The van der Waals surface area contributed by atoms with Gasteiger partial charge in [-0.3, -0.25) is 19.2 Å². The minimum atomic E-state index is -6.40. The van der Waals surface area contributed by atoms with Gasteiger partial charge < -0.3 is 4.90 Å². The van der Waals surface area contributed by atoms with Gasteiger partial charge in [-0.25, -0.2) is 0 Å². The third-order valence-electron chi connectivity index (χ3n) is 7.77. The number of benzene rings is 2. The molecule has 1 fully saturated rings. The molecule has 6 rings (SSSR count). The molecule has 21 heteroatoms. The van der Waals surface area contributed by atoms with Crippen molar-refractivity contribution in [3.63, 3.8) is 0 Å². The van der Waals surface area contributed by atoms with Crippen molar-refractivity contribution in [3.8, 4) is 0 Å². The molecule has 2 unspecified atom stereocenters. The molecule has 0 N–H and O–H groups in total. The molecule has 1 saturated heterocycles. The Hall–Kier alpha value is -4.86. The van der Waals surface area contributed by atoms with E-state index < -0.39 is 76.8 Å². The summed E-state index contributed by atoms with van der Waals surface area (Å²) in [6.07, 6.45) is 6.60. The Morgan fingerprint density at radius 2 is 1.23 bits per heavy atom. The van der Waals surface area contributed by atoms with Gasteiger partial charge in [0.25, 0.3) is 23.6 Å². The Balaban J connectivity index is 1.39. The van der Waals surface area contributed by atoms with Gasteiger partial charge >= 0.3 is 31.3 Å². The molecule has 0 aromatic heterocycles. The number of nitrogens with zero attached hydrogens (tertiary/aromatic N) is 3. The van der Waals surface area contributed by atoms with Gasteiger partial charge in [0, 0.05) is 52.2 Å². The summed E-state index contributed by atoms with van der Waals surface area (Å²) in [5, 5.41) is -0.866. The summed E-state index contributed by atoms with van der Waals surface area (Å²) in [5.74, 6) is -7.86. The van der Waals surface area contributed by atoms with Crippen molar-refractivity contribution in [2.75, 3.05) is 11.9 Å². The van der Waals surface area contributed by atoms with Crippen molar-refractivity contribution < 1.29 is 70.9 Å². The maximum atomic E-state index is 13.1. The molecule has 2 aromatic rings. The van der Waals surface area contributed by atoms with Gasteiger partial charge in [0.2, 0.25) is 0 Å². The Kier molecular flexibility index (Phi) is 7.28. The molecular formula is C27H15F6N3O10S2. The van der Waals surface area contributed by atoms with Crippen molar-refractivity contribution in [3.05, 3.63) is 88.7 Å². The maximum Gasteiger partial charge on any atom is 0.525 e. The van der Waals surface area contributed by atoms with Crippen molar-refractivity contribution in [2.24, 2.45) is 11.8 Å². The Morgan fingerprint density at radius 1 is 0.708 bits per heavy atom. The molecule has 2 aliphatic heterocycles. The molecule has 2 heterocycles. The zero-order valence-corrected chi connectivity index (χ0v) is 25.1. The summed E-state index contributed by atoms with van der Waals surface area (Å²) in [6.45, 7) is 0. The van der Waals surface area contributed by atoms with E-state index in [9.17, 15) is 62.4 Å². The number of amides is 4. The highest BCUT2D eigenvalue weighted by atomic mass is 32.2. The van der Waals surface area contributed by atoms with E-state index in [1.54, 1.807) is 6.08 Å². The van der Waals surface area contributed by atoms with Crippen LogP contribution in [0.5, 0.6) is 0 Å². The van der Waals surface area contributed by atoms with E-state index in [4.69, 9.17) is 0 Å². The molecule has 0 bridgehead atoms. The monoisotopic (exact) mass is 719 g/mol. The zero-order chi connectivity index (χ0) is 35.3. The fourth-order valence-electron chi connectivity index (χ4n) is 5.68. The van der Waals surface area contributed by atoms with Crippen molar-refractivity contribution >= 4 is 60.3 Å². The van der Waals surface area contributed by atoms with E-state index in [0.717, 1.165) is 18.2 Å². The van der Waals surface area contributed by atoms with Crippen LogP contribution in [-0.2, 0) is 38.4 Å². The molecule has 2 aliphatic carbocycles. The number of piperidine rings is 1. The van der Waals surface area contributed by atoms with Crippen LogP contribution in [0.15, 0.2) is 77.6 Å². The Morgan fingerprint density at radius 3 is 1.79 bits per heavy atom. The van der Waals surface area contributed by atoms with E-state index in [0.29, 0.717) is 5.70 Å². The summed E-state index contributed by atoms with van der Waals surface area (Å²) >= 11 is 0. The lowest BCUT2D eigenvalue weighted by Crippen LogP contribution is -2.51. The van der Waals surface area contributed by atoms with Crippen LogP contribution in [0.25, 0.3) is 10.8 Å². The molecule has 0 spiro atoms. The number of rotatable bonds is 6. The first-order valence-corrected chi connectivity index (χ1v) is 15.9. The summed E-state index contributed by atoms with van der Waals surface area (Å²) in [4.78, 5) is 53.8. The fraction of sp³-hybridized carbons (Fsp3) is 0.185. The van der Waals surface area contributed by atoms with Gasteiger partial charge in [-0.2, -0.15) is 43.2 Å². The number of carbonyl (C=O) groups is 4. The standard InChI is InChI=1S/C27H15F6N3O10S2/c1-34(18-10-8-16-20-12(18)4-2-6-14(20)22(37)35(24(16)39)45-47(41,42)26(28,29)30)19-11-9-17-21-13(19)5-3-7-15(21)23(38)36(25(17)40)46-48(43,44)27(31,32)33/h2-12,20H,1H3. The topological polar surface area (TPSA) is 165 Å². The van der Waals surface area contributed by atoms with E-state index >= 15 is 0 Å². The van der Waals surface area contributed by atoms with Crippen molar-refractivity contribution in [1.82, 2.24) is 10.1 Å². The molecule has 4 amide bonds. The van der Waals surface area contributed by atoms with Crippen LogP contribution in [-0.4, -0.2) is 68.7 Å². The first-order chi connectivity index (χ1) is 22.2. The van der Waals surface area contributed by atoms with Crippen LogP contribution in [0.2, 0.25) is 0 Å². The van der Waals surface area contributed by atoms with Gasteiger partial charge in [0.05, 0.1) is 11.1 Å². The first kappa shape index (κ1) is 33.1. The highest BCUT2D eigenvalue weighted by molar-refractivity contribution is 7.87. The van der Waals surface area contributed by atoms with Gasteiger partial charge in [-0.1, -0.05) is 36.4 Å². The third kappa shape index (κ3) is 4.83. The Bertz CT molecular complexity index is 2200. The molecule has 48 heavy (non-hydrogen) atoms. The zero-order valence-electron chi connectivity index (χ0n) is 23.4. The maximum absolute atomic E-state index is 13.1. The number of imide groups is 2. The largest absolute Gasteiger partial charge is 0.525 e. The van der Waals surface area contributed by atoms with Crippen LogP contribution < -0.4 is 4.90 Å². The lowest BCUT2D eigenvalue weighted by Gasteiger charge is -2.42. The number of carbonyl (C=O) groups excluding carboxylic acids is 4. The molecule has 0 radical (unpaired) electrons. The minimum Gasteiger partial charge on any atom is -0.347 e. The summed E-state index contributed by atoms with van der Waals surface area (Å²) in [7, 11) is -11.3. The van der Waals surface area contributed by atoms with E-state index in [1.165, 1.54) is 48.4 Å². The first-order valence-electron chi connectivity index (χ1n) is 13.1. The van der Waals surface area contributed by atoms with Crippen LogP contribution >= 0.6 is 0 Å². The number of hydroxylamine groups is 4. The summed E-state index contributed by atoms with van der Waals surface area (Å²) in [6, 6.07) is 6.32. The normalized spacial score (nSPS) is 21.3. The highest BCUT2D eigenvalue weighted by Crippen LogP contribution is 2.47. The fourth-order valence-corrected chi connectivity index (χ4v) is 6.52. The number of hydrogen-bond donors (Lipinski definition) is 0. The molecule has 252 valence electrons. The lowest BCUT2D eigenvalue weighted by molar-refractivity contribution is -0.172. The molecular weight excluding hydrogens is 704 g/mol. The summed E-state index contributed by atoms with van der Waals surface area (Å²) < 4.78 is 132. The molecule has 2 aromatic carbocycles. The average molecular weight is 720 g/mol. The quantitative estimate of drug-likeness (QED) is 0.244. The second-order valence-electron chi connectivity index (χ2n) is 10.4. The second-order valence-corrected chi connectivity index (χ2v) is 13.4. The molecule has 2 atom stereocenters. The van der Waals surface area contributed by atoms with Gasteiger partial charge in [-0.05, 0) is 24.3 Å². The van der Waals surface area contributed by atoms with Crippen molar-refractivity contribution in [1.29, 1.82) is 0 Å². The van der Waals surface area contributed by atoms with Crippen LogP contribution in [0, 0.1) is 11.8 Å². The Labute approximate surface area is 264 Å². The third-order valence-corrected chi connectivity index (χ3v) is 9.59. The number of allylic oxidation sites excluding steroid dienone is 5. The van der Waals surface area contributed by atoms with Gasteiger partial charge in [-0.15, -0.1) is 18.7 Å². The number of alkyl halides is 6. The number of hydrogen-bond acceptors (Lipinski definition) is 11. The molecule has 4 aliphatic rings.